The molecule has 3 aromatic carbocycles. The summed E-state index contributed by atoms with van der Waals surface area (Å²) in [5.41, 5.74) is 7.46. The standard InChI is InChI=1S/C53H68N10O7S/c1-34(64)58-42(30-36-17-7-3-8-18-36)48(66)59-40(22-13-25-55-53-56-26-27-57-53)52(70)63-28-14-23-45(63)51(69)62-43(31-37-19-9-4-10-20-37)49(67)61-44(33-39-32-38-21-11-12-24-46(38)71-39)50(68)60-41(47(54)65)29-35-15-5-2-6-16-35/h2-3,5-8,11-12,15-18,21,24,32,37,40-45H,4,9-10,13-14,19-20,22-23,25-31,33H2,1H3,(H2,54,65)(H,58,64)(H,59,66)(H,60,68)(H,61,67)(H,62,69)(H2,55,56,57)/t40-,41-,42-,43+,44-,45-/m0/s1. The number of rotatable bonds is 23. The van der Waals surface area contributed by atoms with E-state index < -0.39 is 77.6 Å². The van der Waals surface area contributed by atoms with Crippen molar-refractivity contribution in [2.24, 2.45) is 16.6 Å². The minimum Gasteiger partial charge on any atom is -0.368 e. The zero-order chi connectivity index (χ0) is 50.1. The summed E-state index contributed by atoms with van der Waals surface area (Å²) in [6, 6.07) is 22.1. The van der Waals surface area contributed by atoms with Crippen LogP contribution in [0.5, 0.6) is 0 Å². The molecule has 378 valence electrons. The molecule has 0 bridgehead atoms. The Morgan fingerprint density at radius 2 is 1.32 bits per heavy atom. The van der Waals surface area contributed by atoms with E-state index >= 15 is 0 Å². The number of thiophene rings is 1. The van der Waals surface area contributed by atoms with Gasteiger partial charge in [-0.15, -0.1) is 11.3 Å². The molecule has 9 N–H and O–H groups in total. The quantitative estimate of drug-likeness (QED) is 0.0509. The zero-order valence-corrected chi connectivity index (χ0v) is 41.3. The maximum absolute atomic E-state index is 14.7. The number of nitrogens with zero attached hydrogens (tertiary/aromatic N) is 2. The number of fused-ring (bicyclic) bond motifs is 1. The molecule has 1 saturated heterocycles. The molecule has 1 saturated carbocycles. The first kappa shape index (κ1) is 52.0. The Balaban J connectivity index is 1.10. The van der Waals surface area contributed by atoms with E-state index in [1.807, 2.05) is 91.0 Å². The van der Waals surface area contributed by atoms with Crippen molar-refractivity contribution in [2.75, 3.05) is 26.2 Å². The lowest BCUT2D eigenvalue weighted by atomic mass is 9.84. The third kappa shape index (κ3) is 15.3. The van der Waals surface area contributed by atoms with E-state index in [-0.39, 0.29) is 38.1 Å². The first-order valence-corrected chi connectivity index (χ1v) is 25.9. The van der Waals surface area contributed by atoms with Crippen LogP contribution < -0.4 is 43.0 Å². The molecular formula is C53H68N10O7S. The molecule has 1 aliphatic carbocycles. The van der Waals surface area contributed by atoms with E-state index in [1.54, 1.807) is 0 Å². The Labute approximate surface area is 419 Å². The van der Waals surface area contributed by atoms with Gasteiger partial charge in [-0.25, -0.2) is 0 Å². The average Bonchev–Trinajstić information content (AvgIpc) is 4.17. The first-order chi connectivity index (χ1) is 34.4. The van der Waals surface area contributed by atoms with Crippen LogP contribution in [0.1, 0.15) is 87.1 Å². The Hall–Kier alpha value is -6.82. The largest absolute Gasteiger partial charge is 0.368 e. The van der Waals surface area contributed by atoms with Gasteiger partial charge < -0.3 is 47.9 Å². The predicted octanol–water partition coefficient (Wildman–Crippen LogP) is 3.15. The molecule has 18 heteroatoms. The van der Waals surface area contributed by atoms with E-state index in [2.05, 4.69) is 42.2 Å². The summed E-state index contributed by atoms with van der Waals surface area (Å²) < 4.78 is 1.01. The van der Waals surface area contributed by atoms with Crippen molar-refractivity contribution in [1.82, 2.24) is 42.1 Å². The number of carbonyl (C=O) groups excluding carboxylic acids is 7. The van der Waals surface area contributed by atoms with Crippen molar-refractivity contribution in [2.45, 2.75) is 127 Å². The molecule has 2 fully saturated rings. The van der Waals surface area contributed by atoms with Gasteiger partial charge in [0.15, 0.2) is 5.96 Å². The highest BCUT2D eigenvalue weighted by molar-refractivity contribution is 7.19. The molecule has 71 heavy (non-hydrogen) atoms. The number of amides is 7. The van der Waals surface area contributed by atoms with Crippen LogP contribution in [0.15, 0.2) is 96.0 Å². The molecule has 6 atom stereocenters. The van der Waals surface area contributed by atoms with Crippen LogP contribution >= 0.6 is 11.3 Å². The molecule has 0 spiro atoms. The monoisotopic (exact) mass is 988 g/mol. The number of likely N-dealkylation sites (tertiary alicyclic amines) is 1. The van der Waals surface area contributed by atoms with Gasteiger partial charge in [-0.2, -0.15) is 0 Å². The van der Waals surface area contributed by atoms with Crippen molar-refractivity contribution in [1.29, 1.82) is 0 Å². The molecule has 3 aliphatic rings. The second-order valence-electron chi connectivity index (χ2n) is 18.9. The third-order valence-electron chi connectivity index (χ3n) is 13.5. The number of benzene rings is 3. The fourth-order valence-electron chi connectivity index (χ4n) is 9.79. The summed E-state index contributed by atoms with van der Waals surface area (Å²) in [7, 11) is 0. The van der Waals surface area contributed by atoms with Gasteiger partial charge in [-0.05, 0) is 66.7 Å². The number of nitrogens with one attached hydrogen (secondary N) is 7. The average molecular weight is 989 g/mol. The second-order valence-corrected chi connectivity index (χ2v) is 20.1. The van der Waals surface area contributed by atoms with Gasteiger partial charge in [0.1, 0.15) is 36.3 Å². The van der Waals surface area contributed by atoms with Crippen molar-refractivity contribution in [3.05, 3.63) is 107 Å². The van der Waals surface area contributed by atoms with Crippen molar-refractivity contribution < 1.29 is 33.6 Å². The Morgan fingerprint density at radius 3 is 1.97 bits per heavy atom. The fourth-order valence-corrected chi connectivity index (χ4v) is 10.9. The van der Waals surface area contributed by atoms with Gasteiger partial charge >= 0.3 is 0 Å². The number of guanidine groups is 1. The van der Waals surface area contributed by atoms with Crippen LogP contribution in [0.25, 0.3) is 10.1 Å². The third-order valence-corrected chi connectivity index (χ3v) is 14.6. The molecule has 17 nitrogen and oxygen atoms in total. The Bertz CT molecular complexity index is 2470. The minimum absolute atomic E-state index is 0.115. The molecule has 1 aromatic heterocycles. The van der Waals surface area contributed by atoms with E-state index in [1.165, 1.54) is 23.2 Å². The van der Waals surface area contributed by atoms with Crippen molar-refractivity contribution in [3.63, 3.8) is 0 Å². The summed E-state index contributed by atoms with van der Waals surface area (Å²) in [6.45, 7) is 3.43. The highest BCUT2D eigenvalue weighted by atomic mass is 32.1. The van der Waals surface area contributed by atoms with E-state index in [4.69, 9.17) is 5.73 Å². The number of aliphatic imine (C=N–C) groups is 1. The van der Waals surface area contributed by atoms with E-state index in [9.17, 15) is 33.6 Å². The topological polar surface area (TPSA) is 245 Å². The molecule has 3 heterocycles. The molecular weight excluding hydrogens is 921 g/mol. The molecule has 0 unspecified atom stereocenters. The number of carbonyl (C=O) groups is 7. The minimum atomic E-state index is -1.14. The number of primary amides is 1. The zero-order valence-electron chi connectivity index (χ0n) is 40.5. The van der Waals surface area contributed by atoms with Crippen molar-refractivity contribution >= 4 is 68.7 Å². The predicted molar refractivity (Wildman–Crippen MR) is 274 cm³/mol. The molecule has 0 radical (unpaired) electrons. The van der Waals surface area contributed by atoms with E-state index in [0.717, 1.165) is 64.7 Å². The van der Waals surface area contributed by atoms with Gasteiger partial charge in [0, 0.05) is 55.4 Å². The van der Waals surface area contributed by atoms with Gasteiger partial charge in [-0.1, -0.05) is 111 Å². The van der Waals surface area contributed by atoms with Gasteiger partial charge in [0.05, 0.1) is 6.54 Å². The van der Waals surface area contributed by atoms with Gasteiger partial charge in [0.25, 0.3) is 0 Å². The Morgan fingerprint density at radius 1 is 0.704 bits per heavy atom. The summed E-state index contributed by atoms with van der Waals surface area (Å²) in [5, 5.41) is 21.9. The highest BCUT2D eigenvalue weighted by Crippen LogP contribution is 2.29. The van der Waals surface area contributed by atoms with Crippen LogP contribution in [-0.2, 0) is 52.8 Å². The summed E-state index contributed by atoms with van der Waals surface area (Å²) in [5.74, 6) is -2.95. The lowest BCUT2D eigenvalue weighted by Gasteiger charge is -2.32. The highest BCUT2D eigenvalue weighted by Gasteiger charge is 2.40. The fraction of sp³-hybridized carbons (Fsp3) is 0.472. The molecule has 4 aromatic rings. The SMILES string of the molecule is CC(=O)N[C@@H](Cc1ccccc1)C(=O)N[C@@H](CCCNC1=NCCN1)C(=O)N1CCC[C@H]1C(=O)N[C@H](CC1CCCCC1)C(=O)N[C@@H](Cc1cc2ccccc2s1)C(=O)N[C@@H](Cc1ccccc1)C(N)=O. The lowest BCUT2D eigenvalue weighted by molar-refractivity contribution is -0.142. The smallest absolute Gasteiger partial charge is 0.245 e. The van der Waals surface area contributed by atoms with Crippen LogP contribution in [0.3, 0.4) is 0 Å². The van der Waals surface area contributed by atoms with E-state index in [0.29, 0.717) is 44.7 Å². The number of hydrogen-bond donors (Lipinski definition) is 8. The molecule has 7 rings (SSSR count). The lowest BCUT2D eigenvalue weighted by Crippen LogP contribution is -2.60. The van der Waals surface area contributed by atoms with Crippen LogP contribution in [0.2, 0.25) is 0 Å². The van der Waals surface area contributed by atoms with Gasteiger partial charge in [-0.3, -0.25) is 38.6 Å². The van der Waals surface area contributed by atoms with Crippen molar-refractivity contribution in [3.8, 4) is 0 Å². The number of nitrogens with two attached hydrogens (primary N) is 1. The van der Waals surface area contributed by atoms with Gasteiger partial charge in [0.2, 0.25) is 41.4 Å². The van der Waals surface area contributed by atoms with Crippen LogP contribution in [0, 0.1) is 5.92 Å². The van der Waals surface area contributed by atoms with Crippen LogP contribution in [-0.4, -0.2) is 115 Å². The maximum atomic E-state index is 14.7. The summed E-state index contributed by atoms with van der Waals surface area (Å²) in [4.78, 5) is 104. The number of hydrogen-bond acceptors (Lipinski definition) is 11. The summed E-state index contributed by atoms with van der Waals surface area (Å²) >= 11 is 1.50. The second kappa shape index (κ2) is 25.9. The first-order valence-electron chi connectivity index (χ1n) is 25.1. The molecule has 7 amide bonds. The van der Waals surface area contributed by atoms with Crippen LogP contribution in [0.4, 0.5) is 0 Å². The maximum Gasteiger partial charge on any atom is 0.245 e. The molecule has 2 aliphatic heterocycles. The summed E-state index contributed by atoms with van der Waals surface area (Å²) in [6.07, 6.45) is 7.16. The normalized spacial score (nSPS) is 17.9. The Kier molecular flexibility index (Phi) is 18.9.